The molecule has 0 aliphatic carbocycles. The zero-order valence-electron chi connectivity index (χ0n) is 14.0. The van der Waals surface area contributed by atoms with Crippen molar-refractivity contribution in [3.63, 3.8) is 0 Å². The number of aromatic nitrogens is 2. The number of pyridine rings is 1. The number of nitrogens with one attached hydrogen (secondary N) is 1. The fourth-order valence-corrected chi connectivity index (χ4v) is 2.61. The maximum absolute atomic E-state index is 12.4. The third kappa shape index (κ3) is 3.70. The summed E-state index contributed by atoms with van der Waals surface area (Å²) in [6.45, 7) is 7.84. The van der Waals surface area contributed by atoms with Gasteiger partial charge in [0.15, 0.2) is 0 Å². The molecule has 2 aromatic heterocycles. The van der Waals surface area contributed by atoms with E-state index in [1.807, 2.05) is 32.1 Å². The van der Waals surface area contributed by atoms with Gasteiger partial charge in [0.05, 0.1) is 11.3 Å². The molecule has 0 saturated heterocycles. The average molecular weight is 317 g/mol. The Hall–Kier alpha value is -2.37. The van der Waals surface area contributed by atoms with E-state index < -0.39 is 12.0 Å². The minimum atomic E-state index is -1.01. The monoisotopic (exact) mass is 317 g/mol. The fraction of sp³-hybridized carbons (Fsp3) is 0.471. The molecule has 6 nitrogen and oxygen atoms in total. The van der Waals surface area contributed by atoms with Crippen LogP contribution in [0.5, 0.6) is 0 Å². The van der Waals surface area contributed by atoms with Crippen molar-refractivity contribution in [3.05, 3.63) is 35.3 Å². The van der Waals surface area contributed by atoms with E-state index in [0.717, 1.165) is 23.5 Å². The Morgan fingerprint density at radius 3 is 2.61 bits per heavy atom. The highest BCUT2D eigenvalue weighted by Crippen LogP contribution is 2.14. The molecule has 0 aliphatic rings. The topological polar surface area (TPSA) is 83.7 Å². The van der Waals surface area contributed by atoms with Crippen LogP contribution < -0.4 is 5.32 Å². The summed E-state index contributed by atoms with van der Waals surface area (Å²) in [6, 6.07) is 2.57. The molecule has 0 fully saturated rings. The predicted octanol–water partition coefficient (Wildman–Crippen LogP) is 2.43. The third-order valence-corrected chi connectivity index (χ3v) is 3.86. The first-order chi connectivity index (χ1) is 10.8. The number of nitrogens with zero attached hydrogens (tertiary/aromatic N) is 2. The van der Waals surface area contributed by atoms with Crippen LogP contribution in [0, 0.1) is 12.8 Å². The largest absolute Gasteiger partial charge is 0.480 e. The van der Waals surface area contributed by atoms with Crippen LogP contribution in [0.1, 0.15) is 48.9 Å². The molecule has 0 radical (unpaired) electrons. The second kappa shape index (κ2) is 6.81. The van der Waals surface area contributed by atoms with E-state index in [-0.39, 0.29) is 11.8 Å². The van der Waals surface area contributed by atoms with Gasteiger partial charge in [0.1, 0.15) is 11.7 Å². The van der Waals surface area contributed by atoms with Gasteiger partial charge in [-0.05, 0) is 37.8 Å². The summed E-state index contributed by atoms with van der Waals surface area (Å²) in [6.07, 6.45) is 2.93. The number of rotatable bonds is 6. The van der Waals surface area contributed by atoms with Crippen LogP contribution in [-0.4, -0.2) is 32.4 Å². The van der Waals surface area contributed by atoms with Gasteiger partial charge in [0.25, 0.3) is 5.91 Å². The van der Waals surface area contributed by atoms with Gasteiger partial charge in [0.2, 0.25) is 0 Å². The van der Waals surface area contributed by atoms with E-state index in [0.29, 0.717) is 12.0 Å². The van der Waals surface area contributed by atoms with E-state index in [2.05, 4.69) is 10.3 Å². The fourth-order valence-electron chi connectivity index (χ4n) is 2.61. The number of amides is 1. The molecule has 0 spiro atoms. The van der Waals surface area contributed by atoms with Crippen molar-refractivity contribution in [1.82, 2.24) is 14.7 Å². The number of aliphatic carboxylic acids is 1. The average Bonchev–Trinajstić information content (AvgIpc) is 2.81. The quantitative estimate of drug-likeness (QED) is 0.857. The second-order valence-corrected chi connectivity index (χ2v) is 6.14. The zero-order valence-corrected chi connectivity index (χ0v) is 14.0. The lowest BCUT2D eigenvalue weighted by Gasteiger charge is -2.16. The van der Waals surface area contributed by atoms with Gasteiger partial charge in [-0.1, -0.05) is 20.8 Å². The van der Waals surface area contributed by atoms with Crippen LogP contribution in [0.15, 0.2) is 18.3 Å². The zero-order chi connectivity index (χ0) is 17.1. The van der Waals surface area contributed by atoms with Crippen LogP contribution in [-0.2, 0) is 11.2 Å². The van der Waals surface area contributed by atoms with E-state index in [1.165, 1.54) is 0 Å². The number of carbonyl (C=O) groups excluding carboxylic acids is 1. The predicted molar refractivity (Wildman–Crippen MR) is 87.7 cm³/mol. The maximum Gasteiger partial charge on any atom is 0.326 e. The molecule has 6 heteroatoms. The molecule has 124 valence electrons. The highest BCUT2D eigenvalue weighted by molar-refractivity contribution is 5.96. The summed E-state index contributed by atoms with van der Waals surface area (Å²) in [4.78, 5) is 28.1. The van der Waals surface area contributed by atoms with Crippen LogP contribution >= 0.6 is 0 Å². The lowest BCUT2D eigenvalue weighted by atomic mass is 10.0. The minimum absolute atomic E-state index is 0.182. The van der Waals surface area contributed by atoms with Gasteiger partial charge in [-0.3, -0.25) is 4.79 Å². The van der Waals surface area contributed by atoms with Crippen LogP contribution in [0.2, 0.25) is 0 Å². The lowest BCUT2D eigenvalue weighted by Crippen LogP contribution is -2.41. The normalized spacial score (nSPS) is 12.6. The molecule has 23 heavy (non-hydrogen) atoms. The summed E-state index contributed by atoms with van der Waals surface area (Å²) in [5.41, 5.74) is 3.20. The summed E-state index contributed by atoms with van der Waals surface area (Å²) >= 11 is 0. The highest BCUT2D eigenvalue weighted by Gasteiger charge is 2.22. The van der Waals surface area contributed by atoms with Crippen molar-refractivity contribution < 1.29 is 14.7 Å². The smallest absolute Gasteiger partial charge is 0.326 e. The van der Waals surface area contributed by atoms with Gasteiger partial charge in [0, 0.05) is 11.9 Å². The Bertz CT molecular complexity index is 734. The molecule has 2 heterocycles. The number of carboxylic acid groups (broad SMARTS) is 1. The Labute approximate surface area is 135 Å². The van der Waals surface area contributed by atoms with Crippen molar-refractivity contribution in [2.45, 2.75) is 46.6 Å². The van der Waals surface area contributed by atoms with Crippen molar-refractivity contribution in [3.8, 4) is 0 Å². The van der Waals surface area contributed by atoms with E-state index in [4.69, 9.17) is 0 Å². The SMILES string of the molecule is CCc1nc2ccc(C(=O)NC(CC(C)C)C(=O)O)cn2c1C. The van der Waals surface area contributed by atoms with Crippen LogP contribution in [0.4, 0.5) is 0 Å². The van der Waals surface area contributed by atoms with Crippen LogP contribution in [0.25, 0.3) is 5.65 Å². The number of aryl methyl sites for hydroxylation is 2. The molecular formula is C17H23N3O3. The summed E-state index contributed by atoms with van der Waals surface area (Å²) in [5.74, 6) is -1.21. The minimum Gasteiger partial charge on any atom is -0.480 e. The molecule has 1 unspecified atom stereocenters. The molecule has 1 amide bonds. The van der Waals surface area contributed by atoms with E-state index in [1.54, 1.807) is 18.3 Å². The second-order valence-electron chi connectivity index (χ2n) is 6.14. The molecule has 1 atom stereocenters. The number of carboxylic acids is 1. The molecule has 0 saturated carbocycles. The maximum atomic E-state index is 12.4. The molecule has 2 aromatic rings. The molecular weight excluding hydrogens is 294 g/mol. The van der Waals surface area contributed by atoms with Crippen molar-refractivity contribution in [2.75, 3.05) is 0 Å². The van der Waals surface area contributed by atoms with Crippen molar-refractivity contribution in [1.29, 1.82) is 0 Å². The van der Waals surface area contributed by atoms with E-state index in [9.17, 15) is 14.7 Å². The van der Waals surface area contributed by atoms with E-state index >= 15 is 0 Å². The van der Waals surface area contributed by atoms with Crippen LogP contribution in [0.3, 0.4) is 0 Å². The Kier molecular flexibility index (Phi) is 5.03. The standard InChI is InChI=1S/C17H23N3O3/c1-5-13-11(4)20-9-12(6-7-15(20)18-13)16(21)19-14(17(22)23)8-10(2)3/h6-7,9-10,14H,5,8H2,1-4H3,(H,19,21)(H,22,23). The number of hydrogen-bond acceptors (Lipinski definition) is 3. The Balaban J connectivity index is 2.26. The highest BCUT2D eigenvalue weighted by atomic mass is 16.4. The summed E-state index contributed by atoms with van der Waals surface area (Å²) < 4.78 is 1.87. The summed E-state index contributed by atoms with van der Waals surface area (Å²) in [7, 11) is 0. The Morgan fingerprint density at radius 1 is 1.35 bits per heavy atom. The molecule has 0 aromatic carbocycles. The summed E-state index contributed by atoms with van der Waals surface area (Å²) in [5, 5.41) is 11.8. The number of imidazole rings is 1. The molecule has 0 bridgehead atoms. The lowest BCUT2D eigenvalue weighted by molar-refractivity contribution is -0.139. The molecule has 0 aliphatic heterocycles. The molecule has 2 rings (SSSR count). The number of carbonyl (C=O) groups is 2. The molecule has 2 N–H and O–H groups in total. The van der Waals surface area contributed by atoms with Gasteiger partial charge in [-0.25, -0.2) is 9.78 Å². The Morgan fingerprint density at radius 2 is 2.04 bits per heavy atom. The van der Waals surface area contributed by atoms with Gasteiger partial charge < -0.3 is 14.8 Å². The first kappa shape index (κ1) is 17.0. The van der Waals surface area contributed by atoms with Crippen molar-refractivity contribution >= 4 is 17.5 Å². The number of hydrogen-bond donors (Lipinski definition) is 2. The van der Waals surface area contributed by atoms with Crippen molar-refractivity contribution in [2.24, 2.45) is 5.92 Å². The van der Waals surface area contributed by atoms with Gasteiger partial charge >= 0.3 is 5.97 Å². The first-order valence-electron chi connectivity index (χ1n) is 7.84. The third-order valence-electron chi connectivity index (χ3n) is 3.86. The van der Waals surface area contributed by atoms with Gasteiger partial charge in [-0.2, -0.15) is 0 Å². The number of fused-ring (bicyclic) bond motifs is 1. The van der Waals surface area contributed by atoms with Gasteiger partial charge in [-0.15, -0.1) is 0 Å². The first-order valence-corrected chi connectivity index (χ1v) is 7.84.